The van der Waals surface area contributed by atoms with E-state index in [-0.39, 0.29) is 17.1 Å². The number of benzene rings is 1. The van der Waals surface area contributed by atoms with Crippen molar-refractivity contribution in [3.8, 4) is 11.5 Å². The van der Waals surface area contributed by atoms with E-state index in [1.807, 2.05) is 0 Å². The van der Waals surface area contributed by atoms with Gasteiger partial charge in [0, 0.05) is 5.56 Å². The van der Waals surface area contributed by atoms with Crippen LogP contribution in [0.5, 0.6) is 11.5 Å². The van der Waals surface area contributed by atoms with Gasteiger partial charge < -0.3 is 10.2 Å². The largest absolute Gasteiger partial charge is 0.507 e. The topological polar surface area (TPSA) is 57.5 Å². The van der Waals surface area contributed by atoms with E-state index >= 15 is 0 Å². The molecule has 0 radical (unpaired) electrons. The summed E-state index contributed by atoms with van der Waals surface area (Å²) in [5.74, 6) is 0.0138. The summed E-state index contributed by atoms with van der Waals surface area (Å²) in [6.07, 6.45) is 9.89. The van der Waals surface area contributed by atoms with Crippen LogP contribution < -0.4 is 0 Å². The number of phenols is 2. The lowest BCUT2D eigenvalue weighted by Crippen LogP contribution is -1.94. The van der Waals surface area contributed by atoms with Gasteiger partial charge in [-0.15, -0.1) is 0 Å². The maximum absolute atomic E-state index is 10.9. The molecule has 0 saturated carbocycles. The van der Waals surface area contributed by atoms with Crippen LogP contribution in [-0.4, -0.2) is 16.5 Å². The molecule has 0 heterocycles. The van der Waals surface area contributed by atoms with Crippen molar-refractivity contribution >= 4 is 6.29 Å². The smallest absolute Gasteiger partial charge is 0.153 e. The molecular formula is C17H26O3. The summed E-state index contributed by atoms with van der Waals surface area (Å²) >= 11 is 0. The molecule has 2 N–H and O–H groups in total. The average Bonchev–Trinajstić information content (AvgIpc) is 2.46. The fraction of sp³-hybridized carbons (Fsp3) is 0.588. The molecule has 1 rings (SSSR count). The minimum Gasteiger partial charge on any atom is -0.507 e. The minimum absolute atomic E-state index is 0.110. The summed E-state index contributed by atoms with van der Waals surface area (Å²) in [4.78, 5) is 10.9. The third-order valence-corrected chi connectivity index (χ3v) is 3.79. The van der Waals surface area contributed by atoms with Crippen molar-refractivity contribution in [3.63, 3.8) is 0 Å². The number of hydrogen-bond donors (Lipinski definition) is 2. The molecule has 0 amide bonds. The number of aryl methyl sites for hydroxylation is 1. The van der Waals surface area contributed by atoms with E-state index in [1.165, 1.54) is 32.1 Å². The molecule has 0 aliphatic rings. The lowest BCUT2D eigenvalue weighted by molar-refractivity contribution is 0.112. The molecule has 0 aromatic heterocycles. The van der Waals surface area contributed by atoms with E-state index < -0.39 is 0 Å². The summed E-state index contributed by atoms with van der Waals surface area (Å²) in [6.45, 7) is 3.84. The lowest BCUT2D eigenvalue weighted by Gasteiger charge is -2.11. The highest BCUT2D eigenvalue weighted by molar-refractivity contribution is 5.81. The summed E-state index contributed by atoms with van der Waals surface area (Å²) in [6, 6.07) is 1.60. The molecule has 20 heavy (non-hydrogen) atoms. The molecule has 3 heteroatoms. The van der Waals surface area contributed by atoms with E-state index in [2.05, 4.69) is 6.92 Å². The molecule has 0 aliphatic heterocycles. The number of carbonyl (C=O) groups is 1. The second-order valence-corrected chi connectivity index (χ2v) is 5.44. The first kappa shape index (κ1) is 16.5. The van der Waals surface area contributed by atoms with Crippen LogP contribution in [-0.2, 0) is 6.42 Å². The Bertz CT molecular complexity index is 438. The second kappa shape index (κ2) is 8.62. The second-order valence-electron chi connectivity index (χ2n) is 5.44. The van der Waals surface area contributed by atoms with Gasteiger partial charge in [0.2, 0.25) is 0 Å². The van der Waals surface area contributed by atoms with Crippen molar-refractivity contribution in [2.24, 2.45) is 0 Å². The van der Waals surface area contributed by atoms with Gasteiger partial charge in [0.05, 0.1) is 5.56 Å². The highest BCUT2D eigenvalue weighted by atomic mass is 16.3. The van der Waals surface area contributed by atoms with Gasteiger partial charge in [0.1, 0.15) is 11.5 Å². The Balaban J connectivity index is 2.48. The molecular weight excluding hydrogens is 252 g/mol. The van der Waals surface area contributed by atoms with E-state index in [0.29, 0.717) is 11.8 Å². The Labute approximate surface area is 121 Å². The molecule has 0 fully saturated rings. The number of rotatable bonds is 9. The number of aldehydes is 1. The number of aromatic hydroxyl groups is 2. The fourth-order valence-electron chi connectivity index (χ4n) is 2.45. The Kier molecular flexibility index (Phi) is 7.13. The minimum atomic E-state index is -0.110. The van der Waals surface area contributed by atoms with Gasteiger partial charge in [0.25, 0.3) is 0 Å². The third kappa shape index (κ3) is 4.55. The maximum atomic E-state index is 10.9. The Morgan fingerprint density at radius 3 is 2.20 bits per heavy atom. The van der Waals surface area contributed by atoms with Gasteiger partial charge >= 0.3 is 0 Å². The molecule has 1 aromatic rings. The molecule has 0 spiro atoms. The average molecular weight is 278 g/mol. The highest BCUT2D eigenvalue weighted by Crippen LogP contribution is 2.33. The van der Waals surface area contributed by atoms with Gasteiger partial charge in [-0.3, -0.25) is 4.79 Å². The van der Waals surface area contributed by atoms with Crippen molar-refractivity contribution in [2.45, 2.75) is 65.2 Å². The van der Waals surface area contributed by atoms with E-state index in [0.717, 1.165) is 24.8 Å². The van der Waals surface area contributed by atoms with Crippen molar-refractivity contribution in [1.29, 1.82) is 0 Å². The quantitative estimate of drug-likeness (QED) is 0.516. The zero-order chi connectivity index (χ0) is 15.0. The van der Waals surface area contributed by atoms with Gasteiger partial charge in [-0.25, -0.2) is 0 Å². The van der Waals surface area contributed by atoms with Gasteiger partial charge in [-0.05, 0) is 31.4 Å². The normalized spacial score (nSPS) is 10.7. The van der Waals surface area contributed by atoms with Crippen molar-refractivity contribution in [3.05, 3.63) is 22.8 Å². The third-order valence-electron chi connectivity index (χ3n) is 3.79. The van der Waals surface area contributed by atoms with Crippen molar-refractivity contribution in [2.75, 3.05) is 0 Å². The number of unbranched alkanes of at least 4 members (excludes halogenated alkanes) is 6. The summed E-state index contributed by atoms with van der Waals surface area (Å²) < 4.78 is 0. The number of carbonyl (C=O) groups excluding carboxylic acids is 1. The predicted octanol–water partition coefficient (Wildman–Crippen LogP) is 4.51. The molecule has 3 nitrogen and oxygen atoms in total. The maximum Gasteiger partial charge on any atom is 0.153 e. The van der Waals surface area contributed by atoms with Crippen LogP contribution in [0, 0.1) is 6.92 Å². The Morgan fingerprint density at radius 2 is 1.60 bits per heavy atom. The van der Waals surface area contributed by atoms with Crippen LogP contribution in [0.4, 0.5) is 0 Å². The van der Waals surface area contributed by atoms with Crippen molar-refractivity contribution < 1.29 is 15.0 Å². The van der Waals surface area contributed by atoms with Crippen molar-refractivity contribution in [1.82, 2.24) is 0 Å². The zero-order valence-electron chi connectivity index (χ0n) is 12.6. The van der Waals surface area contributed by atoms with Crippen LogP contribution in [0.25, 0.3) is 0 Å². The lowest BCUT2D eigenvalue weighted by atomic mass is 9.98. The summed E-state index contributed by atoms with van der Waals surface area (Å²) in [7, 11) is 0. The van der Waals surface area contributed by atoms with Crippen LogP contribution in [0.2, 0.25) is 0 Å². The van der Waals surface area contributed by atoms with Gasteiger partial charge in [-0.1, -0.05) is 45.4 Å². The monoisotopic (exact) mass is 278 g/mol. The Hall–Kier alpha value is -1.51. The highest BCUT2D eigenvalue weighted by Gasteiger charge is 2.13. The molecule has 0 saturated heterocycles. The molecule has 0 unspecified atom stereocenters. The van der Waals surface area contributed by atoms with E-state index in [4.69, 9.17) is 0 Å². The van der Waals surface area contributed by atoms with Crippen LogP contribution >= 0.6 is 0 Å². The first-order valence-corrected chi connectivity index (χ1v) is 7.61. The SMILES string of the molecule is CCCCCCCCCc1cc(C=O)c(O)c(C)c1O. The first-order valence-electron chi connectivity index (χ1n) is 7.61. The fourth-order valence-corrected chi connectivity index (χ4v) is 2.45. The van der Waals surface area contributed by atoms with E-state index in [1.54, 1.807) is 13.0 Å². The summed E-state index contributed by atoms with van der Waals surface area (Å²) in [5, 5.41) is 19.7. The summed E-state index contributed by atoms with van der Waals surface area (Å²) in [5.41, 5.74) is 1.42. The van der Waals surface area contributed by atoms with Crippen LogP contribution in [0.1, 0.15) is 73.4 Å². The molecule has 0 atom stereocenters. The molecule has 0 bridgehead atoms. The predicted molar refractivity (Wildman–Crippen MR) is 81.6 cm³/mol. The van der Waals surface area contributed by atoms with Crippen LogP contribution in [0.15, 0.2) is 6.07 Å². The van der Waals surface area contributed by atoms with Crippen LogP contribution in [0.3, 0.4) is 0 Å². The standard InChI is InChI=1S/C17H26O3/c1-3-4-5-6-7-8-9-10-14-11-15(12-18)17(20)13(2)16(14)19/h11-12,19-20H,3-10H2,1-2H3. The molecule has 0 aliphatic carbocycles. The first-order chi connectivity index (χ1) is 9.61. The Morgan fingerprint density at radius 1 is 1.00 bits per heavy atom. The zero-order valence-corrected chi connectivity index (χ0v) is 12.6. The van der Waals surface area contributed by atoms with Gasteiger partial charge in [0.15, 0.2) is 6.29 Å². The van der Waals surface area contributed by atoms with E-state index in [9.17, 15) is 15.0 Å². The molecule has 1 aromatic carbocycles. The number of phenolic OH excluding ortho intramolecular Hbond substituents is 2. The van der Waals surface area contributed by atoms with Gasteiger partial charge in [-0.2, -0.15) is 0 Å². The number of hydrogen-bond acceptors (Lipinski definition) is 3. The molecule has 112 valence electrons.